The summed E-state index contributed by atoms with van der Waals surface area (Å²) in [6, 6.07) is 7.51. The molecule has 0 atom stereocenters. The highest BCUT2D eigenvalue weighted by atomic mass is 79.9. The Morgan fingerprint density at radius 1 is 1.20 bits per heavy atom. The Bertz CT molecular complexity index is 606. The van der Waals surface area contributed by atoms with Crippen LogP contribution in [0.4, 0.5) is 0 Å². The van der Waals surface area contributed by atoms with Crippen LogP contribution in [0.5, 0.6) is 17.4 Å². The van der Waals surface area contributed by atoms with E-state index in [0.717, 1.165) is 26.7 Å². The van der Waals surface area contributed by atoms with E-state index in [9.17, 15) is 0 Å². The molecule has 4 nitrogen and oxygen atoms in total. The second-order valence-corrected chi connectivity index (χ2v) is 5.73. The van der Waals surface area contributed by atoms with Gasteiger partial charge in [-0.05, 0) is 63.0 Å². The highest BCUT2D eigenvalue weighted by Crippen LogP contribution is 2.38. The Labute approximate surface area is 134 Å². The summed E-state index contributed by atoms with van der Waals surface area (Å²) in [5.41, 5.74) is 6.58. The highest BCUT2D eigenvalue weighted by molar-refractivity contribution is 9.11. The van der Waals surface area contributed by atoms with Gasteiger partial charge in [0, 0.05) is 11.8 Å². The Morgan fingerprint density at radius 2 is 1.90 bits per heavy atom. The van der Waals surface area contributed by atoms with E-state index in [1.807, 2.05) is 24.3 Å². The lowest BCUT2D eigenvalue weighted by molar-refractivity contribution is 0.408. The van der Waals surface area contributed by atoms with Gasteiger partial charge in [-0.2, -0.15) is 0 Å². The summed E-state index contributed by atoms with van der Waals surface area (Å²) in [7, 11) is 1.62. The molecule has 0 aliphatic heterocycles. The van der Waals surface area contributed by atoms with Crippen LogP contribution in [-0.4, -0.2) is 18.6 Å². The van der Waals surface area contributed by atoms with Crippen molar-refractivity contribution in [3.8, 4) is 17.4 Å². The maximum Gasteiger partial charge on any atom is 0.222 e. The number of hydrogen-bond acceptors (Lipinski definition) is 4. The Hall–Kier alpha value is -1.11. The van der Waals surface area contributed by atoms with Crippen molar-refractivity contribution in [2.24, 2.45) is 5.73 Å². The molecule has 0 fully saturated rings. The van der Waals surface area contributed by atoms with E-state index in [2.05, 4.69) is 36.8 Å². The normalized spacial score (nSPS) is 10.4. The van der Waals surface area contributed by atoms with Crippen molar-refractivity contribution < 1.29 is 9.47 Å². The predicted molar refractivity (Wildman–Crippen MR) is 85.5 cm³/mol. The van der Waals surface area contributed by atoms with Gasteiger partial charge in [-0.15, -0.1) is 0 Å². The zero-order chi connectivity index (χ0) is 14.5. The number of pyridine rings is 1. The highest BCUT2D eigenvalue weighted by Gasteiger charge is 2.11. The van der Waals surface area contributed by atoms with Crippen molar-refractivity contribution in [3.05, 3.63) is 45.0 Å². The van der Waals surface area contributed by atoms with Crippen LogP contribution in [0.15, 0.2) is 39.4 Å². The minimum atomic E-state index is 0.551. The van der Waals surface area contributed by atoms with E-state index in [4.69, 9.17) is 15.2 Å². The van der Waals surface area contributed by atoms with Gasteiger partial charge in [-0.1, -0.05) is 6.07 Å². The molecule has 20 heavy (non-hydrogen) atoms. The number of halogens is 2. The molecule has 0 amide bonds. The topological polar surface area (TPSA) is 57.4 Å². The third-order valence-electron chi connectivity index (χ3n) is 2.68. The molecule has 1 heterocycles. The number of benzene rings is 1. The first-order valence-corrected chi connectivity index (χ1v) is 7.59. The summed E-state index contributed by atoms with van der Waals surface area (Å²) < 4.78 is 12.7. The van der Waals surface area contributed by atoms with Gasteiger partial charge in [0.25, 0.3) is 0 Å². The molecule has 0 aliphatic rings. The van der Waals surface area contributed by atoms with Gasteiger partial charge in [0.05, 0.1) is 16.1 Å². The van der Waals surface area contributed by atoms with Gasteiger partial charge in [0.15, 0.2) is 0 Å². The molecular weight excluding hydrogens is 388 g/mol. The lowest BCUT2D eigenvalue weighted by Gasteiger charge is -2.12. The molecule has 1 aromatic heterocycles. The molecule has 2 aromatic rings. The summed E-state index contributed by atoms with van der Waals surface area (Å²) in [5.74, 6) is 1.96. The lowest BCUT2D eigenvalue weighted by Crippen LogP contribution is -2.05. The molecule has 6 heteroatoms. The number of nitrogens with zero attached hydrogens (tertiary/aromatic N) is 1. The van der Waals surface area contributed by atoms with Crippen LogP contribution in [0.25, 0.3) is 0 Å². The summed E-state index contributed by atoms with van der Waals surface area (Å²) >= 11 is 6.90. The van der Waals surface area contributed by atoms with E-state index < -0.39 is 0 Å². The van der Waals surface area contributed by atoms with Crippen molar-refractivity contribution >= 4 is 31.9 Å². The second kappa shape index (κ2) is 7.06. The van der Waals surface area contributed by atoms with Crippen molar-refractivity contribution in [2.45, 2.75) is 6.42 Å². The third kappa shape index (κ3) is 3.50. The number of aromatic nitrogens is 1. The number of nitrogens with two attached hydrogens (primary N) is 1. The van der Waals surface area contributed by atoms with Gasteiger partial charge in [-0.3, -0.25) is 0 Å². The summed E-state index contributed by atoms with van der Waals surface area (Å²) in [6.07, 6.45) is 2.42. The molecule has 0 aliphatic carbocycles. The molecule has 106 valence electrons. The average Bonchev–Trinajstić information content (AvgIpc) is 2.45. The van der Waals surface area contributed by atoms with Crippen molar-refractivity contribution in [2.75, 3.05) is 13.7 Å². The van der Waals surface area contributed by atoms with E-state index in [0.29, 0.717) is 18.2 Å². The first-order valence-electron chi connectivity index (χ1n) is 6.00. The second-order valence-electron chi connectivity index (χ2n) is 4.03. The zero-order valence-corrected chi connectivity index (χ0v) is 14.1. The van der Waals surface area contributed by atoms with Crippen LogP contribution in [0, 0.1) is 0 Å². The van der Waals surface area contributed by atoms with E-state index >= 15 is 0 Å². The van der Waals surface area contributed by atoms with Gasteiger partial charge < -0.3 is 15.2 Å². The van der Waals surface area contributed by atoms with Crippen LogP contribution in [0.3, 0.4) is 0 Å². The zero-order valence-electron chi connectivity index (χ0n) is 10.9. The summed E-state index contributed by atoms with van der Waals surface area (Å²) in [4.78, 5) is 4.26. The minimum absolute atomic E-state index is 0.551. The molecule has 0 unspecified atom stereocenters. The quantitative estimate of drug-likeness (QED) is 0.825. The molecule has 0 radical (unpaired) electrons. The number of rotatable bonds is 5. The van der Waals surface area contributed by atoms with Crippen LogP contribution in [0.1, 0.15) is 5.56 Å². The minimum Gasteiger partial charge on any atom is -0.496 e. The molecule has 2 rings (SSSR count). The maximum atomic E-state index is 5.87. The van der Waals surface area contributed by atoms with Gasteiger partial charge in [-0.25, -0.2) is 4.98 Å². The standard InChI is InChI=1S/C14H14Br2N2O2/c1-19-12-7-11(16)13(8-10(12)15)20-14-9(4-5-17)3-2-6-18-14/h2-3,6-8H,4-5,17H2,1H3. The molecule has 2 N–H and O–H groups in total. The Kier molecular flexibility index (Phi) is 5.39. The van der Waals surface area contributed by atoms with Crippen LogP contribution >= 0.6 is 31.9 Å². The number of ether oxygens (including phenoxy) is 2. The van der Waals surface area contributed by atoms with Gasteiger partial charge in [0.2, 0.25) is 5.88 Å². The molecule has 0 bridgehead atoms. The third-order valence-corrected chi connectivity index (χ3v) is 3.92. The van der Waals surface area contributed by atoms with E-state index in [1.54, 1.807) is 13.3 Å². The van der Waals surface area contributed by atoms with Crippen molar-refractivity contribution in [1.82, 2.24) is 4.98 Å². The smallest absolute Gasteiger partial charge is 0.222 e. The molecular formula is C14H14Br2N2O2. The van der Waals surface area contributed by atoms with Crippen LogP contribution in [0.2, 0.25) is 0 Å². The predicted octanol–water partition coefficient (Wildman–Crippen LogP) is 3.91. The molecule has 0 spiro atoms. The average molecular weight is 402 g/mol. The summed E-state index contributed by atoms with van der Waals surface area (Å²) in [6.45, 7) is 0.551. The first kappa shape index (κ1) is 15.3. The summed E-state index contributed by atoms with van der Waals surface area (Å²) in [5, 5.41) is 0. The fraction of sp³-hybridized carbons (Fsp3) is 0.214. The number of hydrogen-bond donors (Lipinski definition) is 1. The van der Waals surface area contributed by atoms with E-state index in [1.165, 1.54) is 0 Å². The Balaban J connectivity index is 2.33. The van der Waals surface area contributed by atoms with Crippen molar-refractivity contribution in [3.63, 3.8) is 0 Å². The fourth-order valence-corrected chi connectivity index (χ4v) is 2.60. The largest absolute Gasteiger partial charge is 0.496 e. The number of methoxy groups -OCH3 is 1. The molecule has 0 saturated carbocycles. The van der Waals surface area contributed by atoms with Gasteiger partial charge in [0.1, 0.15) is 11.5 Å². The molecule has 0 saturated heterocycles. The van der Waals surface area contributed by atoms with Crippen molar-refractivity contribution in [1.29, 1.82) is 0 Å². The SMILES string of the molecule is COc1cc(Br)c(Oc2ncccc2CCN)cc1Br. The van der Waals surface area contributed by atoms with Gasteiger partial charge >= 0.3 is 0 Å². The van der Waals surface area contributed by atoms with E-state index in [-0.39, 0.29) is 0 Å². The molecule has 1 aromatic carbocycles. The Morgan fingerprint density at radius 3 is 2.60 bits per heavy atom. The monoisotopic (exact) mass is 400 g/mol. The van der Waals surface area contributed by atoms with Crippen LogP contribution in [-0.2, 0) is 6.42 Å². The first-order chi connectivity index (χ1) is 9.65. The fourth-order valence-electron chi connectivity index (χ4n) is 1.71. The lowest BCUT2D eigenvalue weighted by atomic mass is 10.2. The van der Waals surface area contributed by atoms with Crippen LogP contribution < -0.4 is 15.2 Å². The maximum absolute atomic E-state index is 5.87.